The van der Waals surface area contributed by atoms with Crippen LogP contribution in [0.2, 0.25) is 5.02 Å². The van der Waals surface area contributed by atoms with E-state index in [1.807, 2.05) is 0 Å². The summed E-state index contributed by atoms with van der Waals surface area (Å²) in [4.78, 5) is 25.0. The Morgan fingerprint density at radius 1 is 1.12 bits per heavy atom. The molecular formula is C17H14ClF3N2O2. The highest BCUT2D eigenvalue weighted by Gasteiger charge is 2.19. The summed E-state index contributed by atoms with van der Waals surface area (Å²) in [6.07, 6.45) is 0. The number of anilines is 1. The molecule has 0 heterocycles. The van der Waals surface area contributed by atoms with Gasteiger partial charge in [0.15, 0.2) is 17.5 Å². The fourth-order valence-electron chi connectivity index (χ4n) is 2.19. The molecule has 2 aromatic carbocycles. The summed E-state index contributed by atoms with van der Waals surface area (Å²) >= 11 is 5.89. The van der Waals surface area contributed by atoms with Gasteiger partial charge in [0.2, 0.25) is 5.91 Å². The fourth-order valence-corrected chi connectivity index (χ4v) is 2.37. The second kappa shape index (κ2) is 8.02. The lowest BCUT2D eigenvalue weighted by atomic mass is 10.2. The van der Waals surface area contributed by atoms with E-state index in [4.69, 9.17) is 11.6 Å². The molecule has 0 spiro atoms. The number of rotatable bonds is 5. The van der Waals surface area contributed by atoms with E-state index in [1.165, 1.54) is 11.8 Å². The Bertz CT molecular complexity index is 814. The monoisotopic (exact) mass is 370 g/mol. The zero-order valence-electron chi connectivity index (χ0n) is 13.2. The molecule has 8 heteroatoms. The Labute approximate surface area is 147 Å². The zero-order chi connectivity index (χ0) is 18.6. The lowest BCUT2D eigenvalue weighted by molar-refractivity contribution is -0.116. The molecule has 0 unspecified atom stereocenters. The Kier molecular flexibility index (Phi) is 6.03. The highest BCUT2D eigenvalue weighted by atomic mass is 35.5. The van der Waals surface area contributed by atoms with Crippen LogP contribution in [0.1, 0.15) is 17.3 Å². The number of hydrogen-bond donors (Lipinski definition) is 1. The summed E-state index contributed by atoms with van der Waals surface area (Å²) in [5.41, 5.74) is -0.0794. The van der Waals surface area contributed by atoms with Gasteiger partial charge in [-0.3, -0.25) is 9.59 Å². The second-order valence-corrected chi connectivity index (χ2v) is 5.57. The number of hydrogen-bond acceptors (Lipinski definition) is 2. The van der Waals surface area contributed by atoms with Gasteiger partial charge in [-0.05, 0) is 30.3 Å². The molecule has 0 aromatic heterocycles. The predicted octanol–water partition coefficient (Wildman–Crippen LogP) is 3.54. The lowest BCUT2D eigenvalue weighted by Crippen LogP contribution is -2.37. The zero-order valence-corrected chi connectivity index (χ0v) is 13.9. The SMILES string of the molecule is CC(=O)N(CCNC(=O)c1ccc(F)c(F)c1F)c1cccc(Cl)c1. The van der Waals surface area contributed by atoms with Gasteiger partial charge in [-0.25, -0.2) is 13.2 Å². The molecule has 0 aliphatic heterocycles. The van der Waals surface area contributed by atoms with Crippen LogP contribution in [0.3, 0.4) is 0 Å². The van der Waals surface area contributed by atoms with Gasteiger partial charge in [0, 0.05) is 30.7 Å². The lowest BCUT2D eigenvalue weighted by Gasteiger charge is -2.21. The molecule has 2 amide bonds. The van der Waals surface area contributed by atoms with E-state index in [0.29, 0.717) is 16.8 Å². The first kappa shape index (κ1) is 18.8. The summed E-state index contributed by atoms with van der Waals surface area (Å²) in [5, 5.41) is 2.80. The molecule has 25 heavy (non-hydrogen) atoms. The molecule has 1 N–H and O–H groups in total. The third-order valence-corrected chi connectivity index (χ3v) is 3.64. The molecule has 0 saturated carbocycles. The van der Waals surface area contributed by atoms with E-state index in [1.54, 1.807) is 24.3 Å². The van der Waals surface area contributed by atoms with Crippen molar-refractivity contribution in [2.45, 2.75) is 6.92 Å². The van der Waals surface area contributed by atoms with Gasteiger partial charge in [0.25, 0.3) is 5.91 Å². The first-order valence-corrected chi connectivity index (χ1v) is 7.64. The van der Waals surface area contributed by atoms with E-state index in [9.17, 15) is 22.8 Å². The summed E-state index contributed by atoms with van der Waals surface area (Å²) in [5.74, 6) is -5.84. The van der Waals surface area contributed by atoms with Crippen LogP contribution in [0.15, 0.2) is 36.4 Å². The minimum absolute atomic E-state index is 0.0244. The van der Waals surface area contributed by atoms with E-state index in [-0.39, 0.29) is 19.0 Å². The van der Waals surface area contributed by atoms with Crippen LogP contribution in [0.4, 0.5) is 18.9 Å². The topological polar surface area (TPSA) is 49.4 Å². The maximum atomic E-state index is 13.6. The average molecular weight is 371 g/mol. The summed E-state index contributed by atoms with van der Waals surface area (Å²) < 4.78 is 39.6. The van der Waals surface area contributed by atoms with Crippen molar-refractivity contribution in [3.05, 3.63) is 64.4 Å². The molecule has 0 fully saturated rings. The quantitative estimate of drug-likeness (QED) is 0.818. The van der Waals surface area contributed by atoms with Gasteiger partial charge in [-0.2, -0.15) is 0 Å². The van der Waals surface area contributed by atoms with Crippen molar-refractivity contribution in [2.75, 3.05) is 18.0 Å². The predicted molar refractivity (Wildman–Crippen MR) is 88.1 cm³/mol. The number of amides is 2. The Morgan fingerprint density at radius 2 is 1.84 bits per heavy atom. The molecule has 0 aliphatic carbocycles. The van der Waals surface area contributed by atoms with Crippen LogP contribution in [-0.2, 0) is 4.79 Å². The molecule has 0 atom stereocenters. The molecule has 2 rings (SSSR count). The molecule has 0 bridgehead atoms. The van der Waals surface area contributed by atoms with Gasteiger partial charge < -0.3 is 10.2 Å². The normalized spacial score (nSPS) is 10.4. The van der Waals surface area contributed by atoms with Crippen LogP contribution in [-0.4, -0.2) is 24.9 Å². The van der Waals surface area contributed by atoms with Crippen molar-refractivity contribution in [3.8, 4) is 0 Å². The van der Waals surface area contributed by atoms with Crippen molar-refractivity contribution in [2.24, 2.45) is 0 Å². The van der Waals surface area contributed by atoms with Gasteiger partial charge >= 0.3 is 0 Å². The molecule has 2 aromatic rings. The first-order valence-electron chi connectivity index (χ1n) is 7.26. The van der Waals surface area contributed by atoms with Crippen LogP contribution < -0.4 is 10.2 Å². The Morgan fingerprint density at radius 3 is 2.48 bits per heavy atom. The average Bonchev–Trinajstić information content (AvgIpc) is 2.56. The highest BCUT2D eigenvalue weighted by Crippen LogP contribution is 2.19. The number of carbonyl (C=O) groups excluding carboxylic acids is 2. The molecule has 0 radical (unpaired) electrons. The van der Waals surface area contributed by atoms with Crippen molar-refractivity contribution in [1.29, 1.82) is 0 Å². The number of benzene rings is 2. The largest absolute Gasteiger partial charge is 0.350 e. The van der Waals surface area contributed by atoms with Crippen molar-refractivity contribution < 1.29 is 22.8 Å². The number of nitrogens with zero attached hydrogens (tertiary/aromatic N) is 1. The third-order valence-electron chi connectivity index (χ3n) is 3.40. The minimum Gasteiger partial charge on any atom is -0.350 e. The summed E-state index contributed by atoms with van der Waals surface area (Å²) in [7, 11) is 0. The summed E-state index contributed by atoms with van der Waals surface area (Å²) in [6.45, 7) is 1.41. The molecule has 132 valence electrons. The van der Waals surface area contributed by atoms with E-state index >= 15 is 0 Å². The standard InChI is InChI=1S/C17H14ClF3N2O2/c1-10(24)23(12-4-2-3-11(18)9-12)8-7-22-17(25)13-5-6-14(19)16(21)15(13)20/h2-6,9H,7-8H2,1H3,(H,22,25). The summed E-state index contributed by atoms with van der Waals surface area (Å²) in [6, 6.07) is 8.09. The molecular weight excluding hydrogens is 357 g/mol. The van der Waals surface area contributed by atoms with Crippen LogP contribution >= 0.6 is 11.6 Å². The second-order valence-electron chi connectivity index (χ2n) is 5.13. The fraction of sp³-hybridized carbons (Fsp3) is 0.176. The maximum Gasteiger partial charge on any atom is 0.254 e. The molecule has 0 aliphatic rings. The van der Waals surface area contributed by atoms with Crippen molar-refractivity contribution in [1.82, 2.24) is 5.32 Å². The van der Waals surface area contributed by atoms with Crippen LogP contribution in [0.25, 0.3) is 0 Å². The third kappa shape index (κ3) is 4.51. The number of nitrogens with one attached hydrogen (secondary N) is 1. The maximum absolute atomic E-state index is 13.6. The van der Waals surface area contributed by atoms with Gasteiger partial charge in [0.05, 0.1) is 5.56 Å². The van der Waals surface area contributed by atoms with Gasteiger partial charge in [0.1, 0.15) is 0 Å². The number of carbonyl (C=O) groups is 2. The van der Waals surface area contributed by atoms with Crippen LogP contribution in [0.5, 0.6) is 0 Å². The highest BCUT2D eigenvalue weighted by molar-refractivity contribution is 6.30. The smallest absolute Gasteiger partial charge is 0.254 e. The minimum atomic E-state index is -1.71. The Hall–Kier alpha value is -2.54. The molecule has 4 nitrogen and oxygen atoms in total. The van der Waals surface area contributed by atoms with Gasteiger partial charge in [-0.1, -0.05) is 17.7 Å². The van der Waals surface area contributed by atoms with Crippen LogP contribution in [0, 0.1) is 17.5 Å². The van der Waals surface area contributed by atoms with Gasteiger partial charge in [-0.15, -0.1) is 0 Å². The molecule has 0 saturated heterocycles. The van der Waals surface area contributed by atoms with E-state index in [2.05, 4.69) is 5.32 Å². The Balaban J connectivity index is 2.04. The first-order chi connectivity index (χ1) is 11.8. The van der Waals surface area contributed by atoms with Crippen molar-refractivity contribution in [3.63, 3.8) is 0 Å². The number of halogens is 4. The van der Waals surface area contributed by atoms with Crippen molar-refractivity contribution >= 4 is 29.1 Å². The van der Waals surface area contributed by atoms with E-state index < -0.39 is 28.9 Å². The van der Waals surface area contributed by atoms with E-state index in [0.717, 1.165) is 6.07 Å².